The number of aromatic nitrogens is 1. The first kappa shape index (κ1) is 26.0. The van der Waals surface area contributed by atoms with Gasteiger partial charge in [0.1, 0.15) is 23.5 Å². The smallest absolute Gasteiger partial charge is 0.325 e. The summed E-state index contributed by atoms with van der Waals surface area (Å²) >= 11 is 0. The van der Waals surface area contributed by atoms with Crippen molar-refractivity contribution in [1.82, 2.24) is 9.88 Å². The van der Waals surface area contributed by atoms with Crippen molar-refractivity contribution in [2.24, 2.45) is 0 Å². The average molecular weight is 516 g/mol. The fourth-order valence-electron chi connectivity index (χ4n) is 5.59. The topological polar surface area (TPSA) is 83.9 Å². The lowest BCUT2D eigenvalue weighted by atomic mass is 9.91. The highest BCUT2D eigenvalue weighted by molar-refractivity contribution is 5.76. The third kappa shape index (κ3) is 6.10. The first-order valence-electron chi connectivity index (χ1n) is 13.4. The molecule has 0 amide bonds. The lowest BCUT2D eigenvalue weighted by molar-refractivity contribution is -0.151. The molecule has 1 aromatic carbocycles. The number of hydrogen-bond acceptors (Lipinski definition) is 6. The summed E-state index contributed by atoms with van der Waals surface area (Å²) in [5.74, 6) is -1.63. The number of aliphatic carboxylic acids is 1. The molecule has 0 spiro atoms. The van der Waals surface area contributed by atoms with E-state index in [4.69, 9.17) is 14.5 Å². The number of pyridine rings is 1. The Labute approximate surface area is 216 Å². The predicted octanol–water partition coefficient (Wildman–Crippen LogP) is 4.81. The molecule has 37 heavy (non-hydrogen) atoms. The largest absolute Gasteiger partial charge is 0.480 e. The van der Waals surface area contributed by atoms with Gasteiger partial charge in [0.15, 0.2) is 0 Å². The summed E-state index contributed by atoms with van der Waals surface area (Å²) in [5.41, 5.74) is 2.72. The monoisotopic (exact) mass is 515 g/mol. The zero-order valence-corrected chi connectivity index (χ0v) is 21.1. The fraction of sp³-hybridized carbons (Fsp3) is 0.571. The first-order chi connectivity index (χ1) is 18.0. The van der Waals surface area contributed by atoms with Gasteiger partial charge >= 0.3 is 5.97 Å². The van der Waals surface area contributed by atoms with Crippen molar-refractivity contribution >= 4 is 11.8 Å². The van der Waals surface area contributed by atoms with Gasteiger partial charge in [-0.25, -0.2) is 13.8 Å². The molecule has 3 aliphatic heterocycles. The Hall–Kier alpha value is -2.62. The highest BCUT2D eigenvalue weighted by Gasteiger charge is 2.40. The van der Waals surface area contributed by atoms with Crippen molar-refractivity contribution in [3.05, 3.63) is 58.3 Å². The molecule has 0 aliphatic carbocycles. The van der Waals surface area contributed by atoms with Crippen LogP contribution in [0.1, 0.15) is 73.1 Å². The number of anilines is 1. The molecule has 0 radical (unpaired) electrons. The molecule has 2 atom stereocenters. The maximum atomic E-state index is 14.7. The molecule has 1 aromatic heterocycles. The Balaban J connectivity index is 1.08. The minimum Gasteiger partial charge on any atom is -0.480 e. The molecular weight excluding hydrogens is 480 g/mol. The van der Waals surface area contributed by atoms with Gasteiger partial charge in [-0.3, -0.25) is 9.69 Å². The molecule has 2 saturated heterocycles. The molecule has 7 nitrogen and oxygen atoms in total. The van der Waals surface area contributed by atoms with Crippen molar-refractivity contribution in [2.45, 2.75) is 69.6 Å². The number of rotatable bonds is 11. The summed E-state index contributed by atoms with van der Waals surface area (Å²) in [4.78, 5) is 18.6. The molecule has 5 rings (SSSR count). The maximum Gasteiger partial charge on any atom is 0.325 e. The van der Waals surface area contributed by atoms with Crippen LogP contribution in [0.4, 0.5) is 14.6 Å². The molecule has 9 heteroatoms. The highest BCUT2D eigenvalue weighted by atomic mass is 19.1. The maximum absolute atomic E-state index is 14.7. The van der Waals surface area contributed by atoms with Crippen LogP contribution in [0, 0.1) is 11.6 Å². The van der Waals surface area contributed by atoms with Crippen LogP contribution in [0.25, 0.3) is 0 Å². The lowest BCUT2D eigenvalue weighted by Crippen LogP contribution is -2.55. The van der Waals surface area contributed by atoms with Gasteiger partial charge in [-0.1, -0.05) is 12.5 Å². The minimum absolute atomic E-state index is 0.0835. The van der Waals surface area contributed by atoms with E-state index < -0.39 is 29.7 Å². The number of carbonyl (C=O) groups is 1. The predicted molar refractivity (Wildman–Crippen MR) is 135 cm³/mol. The normalized spacial score (nSPS) is 20.8. The highest BCUT2D eigenvalue weighted by Crippen LogP contribution is 2.39. The van der Waals surface area contributed by atoms with E-state index in [-0.39, 0.29) is 17.2 Å². The van der Waals surface area contributed by atoms with E-state index in [2.05, 4.69) is 17.4 Å². The number of fused-ring (bicyclic) bond motifs is 1. The number of nitrogens with zero attached hydrogens (tertiary/aromatic N) is 2. The summed E-state index contributed by atoms with van der Waals surface area (Å²) in [6.45, 7) is 2.89. The van der Waals surface area contributed by atoms with E-state index >= 15 is 0 Å². The van der Waals surface area contributed by atoms with Gasteiger partial charge in [0.25, 0.3) is 0 Å². The number of unbranched alkanes of at least 4 members (excludes halogenated alkanes) is 2. The van der Waals surface area contributed by atoms with Crippen molar-refractivity contribution in [3.63, 3.8) is 0 Å². The zero-order chi connectivity index (χ0) is 25.8. The van der Waals surface area contributed by atoms with Crippen LogP contribution in [-0.4, -0.2) is 59.9 Å². The number of likely N-dealkylation sites (tertiary alicyclic amines) is 1. The van der Waals surface area contributed by atoms with Crippen LogP contribution in [0.15, 0.2) is 24.3 Å². The summed E-state index contributed by atoms with van der Waals surface area (Å²) in [5, 5.41) is 13.3. The molecule has 3 aliphatic rings. The van der Waals surface area contributed by atoms with Gasteiger partial charge in [0.05, 0.1) is 12.2 Å². The van der Waals surface area contributed by atoms with E-state index in [9.17, 15) is 18.7 Å². The first-order valence-corrected chi connectivity index (χ1v) is 13.4. The van der Waals surface area contributed by atoms with Gasteiger partial charge in [0, 0.05) is 50.2 Å². The van der Waals surface area contributed by atoms with Crippen molar-refractivity contribution < 1.29 is 28.2 Å². The van der Waals surface area contributed by atoms with Gasteiger partial charge < -0.3 is 19.9 Å². The Kier molecular flexibility index (Phi) is 8.32. The van der Waals surface area contributed by atoms with Crippen LogP contribution in [-0.2, 0) is 27.1 Å². The number of benzene rings is 1. The quantitative estimate of drug-likeness (QED) is 0.416. The van der Waals surface area contributed by atoms with E-state index in [0.717, 1.165) is 75.1 Å². The summed E-state index contributed by atoms with van der Waals surface area (Å²) in [6.07, 6.45) is 6.88. The van der Waals surface area contributed by atoms with Crippen LogP contribution in [0.3, 0.4) is 0 Å². The number of carboxylic acid groups (broad SMARTS) is 1. The van der Waals surface area contributed by atoms with Gasteiger partial charge in [-0.15, -0.1) is 0 Å². The fourth-order valence-corrected chi connectivity index (χ4v) is 5.59. The molecule has 4 heterocycles. The van der Waals surface area contributed by atoms with E-state index in [1.54, 1.807) is 4.90 Å². The molecule has 2 aromatic rings. The summed E-state index contributed by atoms with van der Waals surface area (Å²) in [6, 6.07) is 5.11. The molecular formula is C28H35F2N3O4. The van der Waals surface area contributed by atoms with Crippen LogP contribution in [0.2, 0.25) is 0 Å². The van der Waals surface area contributed by atoms with Crippen LogP contribution in [0.5, 0.6) is 0 Å². The zero-order valence-electron chi connectivity index (χ0n) is 21.1. The molecule has 0 bridgehead atoms. The van der Waals surface area contributed by atoms with Gasteiger partial charge in [0.2, 0.25) is 0 Å². The van der Waals surface area contributed by atoms with Crippen LogP contribution >= 0.6 is 0 Å². The number of halogens is 2. The van der Waals surface area contributed by atoms with E-state index in [1.807, 2.05) is 0 Å². The number of aryl methyl sites for hydroxylation is 2. The molecule has 2 N–H and O–H groups in total. The van der Waals surface area contributed by atoms with Crippen molar-refractivity contribution in [1.29, 1.82) is 0 Å². The standard InChI is InChI=1S/C28H35F2N3O4/c29-19-14-22(25(23(30)15-19)24-8-5-13-37-24)26(28(34)35)33-16-21(17-33)36-12-3-1-2-7-20-10-9-18-6-4-11-31-27(18)32-20/h9-10,14-15,21,24,26H,1-8,11-13,16-17H2,(H,31,32)(H,34,35). The summed E-state index contributed by atoms with van der Waals surface area (Å²) in [7, 11) is 0. The number of nitrogens with one attached hydrogen (secondary N) is 1. The van der Waals surface area contributed by atoms with E-state index in [1.165, 1.54) is 5.56 Å². The second-order valence-corrected chi connectivity index (χ2v) is 10.2. The van der Waals surface area contributed by atoms with Crippen molar-refractivity contribution in [2.75, 3.05) is 38.2 Å². The van der Waals surface area contributed by atoms with E-state index in [0.29, 0.717) is 32.7 Å². The number of ether oxygens (including phenoxy) is 2. The molecule has 200 valence electrons. The van der Waals surface area contributed by atoms with Crippen LogP contribution < -0.4 is 5.32 Å². The second kappa shape index (κ2) is 11.8. The Morgan fingerprint density at radius 2 is 2.08 bits per heavy atom. The van der Waals surface area contributed by atoms with Crippen molar-refractivity contribution in [3.8, 4) is 0 Å². The average Bonchev–Trinajstić information content (AvgIpc) is 3.37. The summed E-state index contributed by atoms with van der Waals surface area (Å²) < 4.78 is 40.4. The Bertz CT molecular complexity index is 1100. The SMILES string of the molecule is O=C(O)C(c1cc(F)cc(F)c1C1CCCO1)N1CC(OCCCCCc2ccc3c(n2)NCCC3)C1. The number of hydrogen-bond donors (Lipinski definition) is 2. The second-order valence-electron chi connectivity index (χ2n) is 10.2. The lowest BCUT2D eigenvalue weighted by Gasteiger charge is -2.43. The minimum atomic E-state index is -1.14. The molecule has 2 fully saturated rings. The van der Waals surface area contributed by atoms with Gasteiger partial charge in [-0.2, -0.15) is 0 Å². The third-order valence-corrected chi connectivity index (χ3v) is 7.53. The number of carboxylic acids is 1. The third-order valence-electron chi connectivity index (χ3n) is 7.53. The molecule has 2 unspecified atom stereocenters. The Morgan fingerprint density at radius 1 is 1.22 bits per heavy atom. The Morgan fingerprint density at radius 3 is 2.86 bits per heavy atom. The molecule has 0 saturated carbocycles. The van der Waals surface area contributed by atoms with Gasteiger partial charge in [-0.05, 0) is 68.2 Å².